The molecular weight excluding hydrogens is 240 g/mol. The van der Waals surface area contributed by atoms with Gasteiger partial charge < -0.3 is 9.84 Å². The van der Waals surface area contributed by atoms with E-state index in [1.807, 2.05) is 18.2 Å². The standard InChI is InChI=1S/C16H20O3/c1-16(9-11-7-13(16)14(17)8-11)10-19-15(18)12-5-3-2-4-6-12/h2-6,11,13-14,17H,7-10H2,1H3/t11-,13+,14-,16-/m1/s1. The monoisotopic (exact) mass is 260 g/mol. The fourth-order valence-electron chi connectivity index (χ4n) is 3.90. The summed E-state index contributed by atoms with van der Waals surface area (Å²) < 4.78 is 5.47. The maximum Gasteiger partial charge on any atom is 0.338 e. The summed E-state index contributed by atoms with van der Waals surface area (Å²) in [6.45, 7) is 2.55. The number of aliphatic hydroxyl groups is 1. The third-order valence-corrected chi connectivity index (χ3v) is 4.82. The lowest BCUT2D eigenvalue weighted by Crippen LogP contribution is -2.37. The summed E-state index contributed by atoms with van der Waals surface area (Å²) in [4.78, 5) is 11.9. The second kappa shape index (κ2) is 4.64. The van der Waals surface area contributed by atoms with Gasteiger partial charge >= 0.3 is 5.97 Å². The maximum absolute atomic E-state index is 11.9. The number of carbonyl (C=O) groups excluding carboxylic acids is 1. The van der Waals surface area contributed by atoms with E-state index in [2.05, 4.69) is 6.92 Å². The number of esters is 1. The lowest BCUT2D eigenvalue weighted by atomic mass is 9.74. The summed E-state index contributed by atoms with van der Waals surface area (Å²) in [6.07, 6.45) is 2.86. The molecular formula is C16H20O3. The second-order valence-electron chi connectivity index (χ2n) is 6.31. The Labute approximate surface area is 113 Å². The molecule has 0 heterocycles. The molecule has 102 valence electrons. The molecule has 2 fully saturated rings. The molecule has 3 nitrogen and oxygen atoms in total. The van der Waals surface area contributed by atoms with E-state index in [0.717, 1.165) is 19.3 Å². The first-order chi connectivity index (χ1) is 9.08. The summed E-state index contributed by atoms with van der Waals surface area (Å²) in [6, 6.07) is 9.07. The topological polar surface area (TPSA) is 46.5 Å². The van der Waals surface area contributed by atoms with Gasteiger partial charge in [-0.2, -0.15) is 0 Å². The summed E-state index contributed by atoms with van der Waals surface area (Å²) in [5.74, 6) is 0.639. The summed E-state index contributed by atoms with van der Waals surface area (Å²) >= 11 is 0. The van der Waals surface area contributed by atoms with Crippen LogP contribution < -0.4 is 0 Å². The zero-order chi connectivity index (χ0) is 13.5. The van der Waals surface area contributed by atoms with Crippen molar-refractivity contribution in [3.63, 3.8) is 0 Å². The molecule has 2 aliphatic rings. The van der Waals surface area contributed by atoms with E-state index in [1.54, 1.807) is 12.1 Å². The van der Waals surface area contributed by atoms with Crippen LogP contribution in [-0.4, -0.2) is 23.8 Å². The largest absolute Gasteiger partial charge is 0.462 e. The van der Waals surface area contributed by atoms with Crippen molar-refractivity contribution in [2.45, 2.75) is 32.3 Å². The molecule has 0 radical (unpaired) electrons. The zero-order valence-corrected chi connectivity index (χ0v) is 11.2. The Bertz CT molecular complexity index is 470. The maximum atomic E-state index is 11.9. The number of hydrogen-bond donors (Lipinski definition) is 1. The molecule has 3 heteroatoms. The van der Waals surface area contributed by atoms with Crippen molar-refractivity contribution in [3.05, 3.63) is 35.9 Å². The van der Waals surface area contributed by atoms with Gasteiger partial charge in [0.2, 0.25) is 0 Å². The molecule has 1 aromatic carbocycles. The average Bonchev–Trinajstić information content (AvgIpc) is 2.93. The molecule has 3 rings (SSSR count). The van der Waals surface area contributed by atoms with Crippen molar-refractivity contribution in [3.8, 4) is 0 Å². The lowest BCUT2D eigenvalue weighted by Gasteiger charge is -2.36. The first-order valence-electron chi connectivity index (χ1n) is 6.99. The zero-order valence-electron chi connectivity index (χ0n) is 11.2. The predicted molar refractivity (Wildman–Crippen MR) is 71.7 cm³/mol. The van der Waals surface area contributed by atoms with Gasteiger partial charge in [-0.25, -0.2) is 4.79 Å². The fraction of sp³-hybridized carbons (Fsp3) is 0.562. The Balaban J connectivity index is 1.62. The van der Waals surface area contributed by atoms with E-state index in [1.165, 1.54) is 0 Å². The van der Waals surface area contributed by atoms with E-state index >= 15 is 0 Å². The number of fused-ring (bicyclic) bond motifs is 2. The van der Waals surface area contributed by atoms with Crippen molar-refractivity contribution >= 4 is 5.97 Å². The Morgan fingerprint density at radius 1 is 1.37 bits per heavy atom. The fourth-order valence-corrected chi connectivity index (χ4v) is 3.90. The normalized spacial score (nSPS) is 36.4. The number of ether oxygens (including phenoxy) is 1. The second-order valence-corrected chi connectivity index (χ2v) is 6.31. The van der Waals surface area contributed by atoms with E-state index in [-0.39, 0.29) is 17.5 Å². The summed E-state index contributed by atoms with van der Waals surface area (Å²) in [7, 11) is 0. The van der Waals surface area contributed by atoms with Crippen LogP contribution in [0, 0.1) is 17.3 Å². The molecule has 0 aliphatic heterocycles. The number of rotatable bonds is 3. The van der Waals surface area contributed by atoms with Crippen molar-refractivity contribution in [1.82, 2.24) is 0 Å². The van der Waals surface area contributed by atoms with Crippen LogP contribution in [0.2, 0.25) is 0 Å². The minimum absolute atomic E-state index is 0.0488. The van der Waals surface area contributed by atoms with Crippen LogP contribution in [0.1, 0.15) is 36.5 Å². The first-order valence-corrected chi connectivity index (χ1v) is 6.99. The van der Waals surface area contributed by atoms with Crippen molar-refractivity contribution in [2.75, 3.05) is 6.61 Å². The van der Waals surface area contributed by atoms with Gasteiger partial charge in [0.15, 0.2) is 0 Å². The Kier molecular flexibility index (Phi) is 3.09. The SMILES string of the molecule is C[C@]1(COC(=O)c2ccccc2)C[C@H]2C[C@@H](O)[C@@H]1C2. The highest BCUT2D eigenvalue weighted by Gasteiger charge is 2.53. The third kappa shape index (κ3) is 2.27. The minimum Gasteiger partial charge on any atom is -0.462 e. The van der Waals surface area contributed by atoms with Crippen LogP contribution in [-0.2, 0) is 4.74 Å². The van der Waals surface area contributed by atoms with Crippen molar-refractivity contribution < 1.29 is 14.6 Å². The summed E-state index contributed by atoms with van der Waals surface area (Å²) in [5, 5.41) is 10.00. The molecule has 1 N–H and O–H groups in total. The van der Waals surface area contributed by atoms with Crippen LogP contribution in [0.3, 0.4) is 0 Å². The molecule has 0 amide bonds. The Hall–Kier alpha value is -1.35. The number of benzene rings is 1. The smallest absolute Gasteiger partial charge is 0.338 e. The van der Waals surface area contributed by atoms with E-state index < -0.39 is 0 Å². The van der Waals surface area contributed by atoms with Gasteiger partial charge in [0, 0.05) is 5.41 Å². The molecule has 4 atom stereocenters. The van der Waals surface area contributed by atoms with E-state index in [9.17, 15) is 9.90 Å². The van der Waals surface area contributed by atoms with Gasteiger partial charge in [0.25, 0.3) is 0 Å². The van der Waals surface area contributed by atoms with Crippen molar-refractivity contribution in [2.24, 2.45) is 17.3 Å². The van der Waals surface area contributed by atoms with Crippen molar-refractivity contribution in [1.29, 1.82) is 0 Å². The molecule has 19 heavy (non-hydrogen) atoms. The highest BCUT2D eigenvalue weighted by atomic mass is 16.5. The van der Waals surface area contributed by atoms with E-state index in [0.29, 0.717) is 24.0 Å². The number of aliphatic hydroxyl groups excluding tert-OH is 1. The van der Waals surface area contributed by atoms with Gasteiger partial charge in [0.1, 0.15) is 0 Å². The van der Waals surface area contributed by atoms with Gasteiger partial charge in [-0.05, 0) is 43.2 Å². The number of carbonyl (C=O) groups is 1. The van der Waals surface area contributed by atoms with Crippen LogP contribution in [0.5, 0.6) is 0 Å². The highest BCUT2D eigenvalue weighted by molar-refractivity contribution is 5.89. The lowest BCUT2D eigenvalue weighted by molar-refractivity contribution is -0.0187. The van der Waals surface area contributed by atoms with Gasteiger partial charge in [-0.3, -0.25) is 0 Å². The third-order valence-electron chi connectivity index (χ3n) is 4.82. The van der Waals surface area contributed by atoms with Crippen LogP contribution in [0.4, 0.5) is 0 Å². The molecule has 0 saturated heterocycles. The molecule has 2 bridgehead atoms. The Morgan fingerprint density at radius 2 is 2.11 bits per heavy atom. The quantitative estimate of drug-likeness (QED) is 0.850. The van der Waals surface area contributed by atoms with Crippen LogP contribution in [0.15, 0.2) is 30.3 Å². The Morgan fingerprint density at radius 3 is 2.74 bits per heavy atom. The van der Waals surface area contributed by atoms with Crippen LogP contribution in [0.25, 0.3) is 0 Å². The molecule has 0 spiro atoms. The van der Waals surface area contributed by atoms with Gasteiger partial charge in [0.05, 0.1) is 18.3 Å². The molecule has 0 aromatic heterocycles. The van der Waals surface area contributed by atoms with E-state index in [4.69, 9.17) is 4.74 Å². The van der Waals surface area contributed by atoms with Gasteiger partial charge in [-0.1, -0.05) is 25.1 Å². The molecule has 2 aliphatic carbocycles. The average molecular weight is 260 g/mol. The number of hydrogen-bond acceptors (Lipinski definition) is 3. The first kappa shape index (κ1) is 12.7. The molecule has 0 unspecified atom stereocenters. The van der Waals surface area contributed by atoms with Crippen LogP contribution >= 0.6 is 0 Å². The molecule has 2 saturated carbocycles. The van der Waals surface area contributed by atoms with Gasteiger partial charge in [-0.15, -0.1) is 0 Å². The summed E-state index contributed by atoms with van der Waals surface area (Å²) in [5.41, 5.74) is 0.544. The molecule has 1 aromatic rings. The minimum atomic E-state index is -0.265. The predicted octanol–water partition coefficient (Wildman–Crippen LogP) is 2.64. The highest BCUT2D eigenvalue weighted by Crippen LogP contribution is 2.55.